The monoisotopic (exact) mass is 383 g/mol. The molecule has 0 aliphatic heterocycles. The van der Waals surface area contributed by atoms with Crippen LogP contribution in [0.4, 0.5) is 0 Å². The van der Waals surface area contributed by atoms with Gasteiger partial charge >= 0.3 is 0 Å². The number of carbonyl (C=O) groups is 1. The van der Waals surface area contributed by atoms with Crippen molar-refractivity contribution in [2.75, 3.05) is 38.6 Å². The highest BCUT2D eigenvalue weighted by Gasteiger charge is 2.22. The molecule has 1 rings (SSSR count). The second-order valence-electron chi connectivity index (χ2n) is 6.56. The third-order valence-corrected chi connectivity index (χ3v) is 7.56. The number of nitrogens with zero attached hydrogens (tertiary/aromatic N) is 1. The predicted octanol–water partition coefficient (Wildman–Crippen LogP) is 4.28. The molecule has 0 N–H and O–H groups in total. The van der Waals surface area contributed by atoms with Crippen LogP contribution < -0.4 is 4.74 Å². The van der Waals surface area contributed by atoms with Crippen molar-refractivity contribution in [2.45, 2.75) is 39.4 Å². The largest absolute Gasteiger partial charge is 0.485 e. The Bertz CT molecular complexity index is 481. The molecule has 0 heterocycles. The molecular formula is C19H33NO3SSi. The highest BCUT2D eigenvalue weighted by atomic mass is 32.2. The van der Waals surface area contributed by atoms with Crippen LogP contribution in [0.3, 0.4) is 0 Å². The van der Waals surface area contributed by atoms with Crippen molar-refractivity contribution in [3.63, 3.8) is 0 Å². The number of rotatable bonds is 13. The summed E-state index contributed by atoms with van der Waals surface area (Å²) in [7, 11) is -1.62. The van der Waals surface area contributed by atoms with E-state index in [0.717, 1.165) is 50.2 Å². The van der Waals surface area contributed by atoms with Gasteiger partial charge in [-0.1, -0.05) is 43.8 Å². The summed E-state index contributed by atoms with van der Waals surface area (Å²) in [6.45, 7) is 13.0. The molecular weight excluding hydrogens is 350 g/mol. The summed E-state index contributed by atoms with van der Waals surface area (Å²) in [4.78, 5) is 14.2. The molecule has 25 heavy (non-hydrogen) atoms. The van der Waals surface area contributed by atoms with Crippen LogP contribution in [0, 0.1) is 0 Å². The maximum absolute atomic E-state index is 11.9. The van der Waals surface area contributed by atoms with Crippen LogP contribution in [0.25, 0.3) is 0 Å². The van der Waals surface area contributed by atoms with Gasteiger partial charge in [0.25, 0.3) is 0 Å². The molecule has 142 valence electrons. The molecule has 0 spiro atoms. The Morgan fingerprint density at radius 1 is 1.16 bits per heavy atom. The summed E-state index contributed by atoms with van der Waals surface area (Å²) in [5, 5.41) is 0.0887. The number of likely N-dealkylation sites (N-methyl/N-ethyl adjacent to an activating group) is 1. The molecule has 0 amide bonds. The molecule has 0 bridgehead atoms. The van der Waals surface area contributed by atoms with E-state index >= 15 is 0 Å². The SMILES string of the molecule is CCN(CC)CCO[Si](C)(C)CCCSC(=O)COc1ccccc1. The fourth-order valence-electron chi connectivity index (χ4n) is 2.45. The van der Waals surface area contributed by atoms with Gasteiger partial charge in [-0.05, 0) is 50.8 Å². The zero-order valence-electron chi connectivity index (χ0n) is 16.1. The van der Waals surface area contributed by atoms with Gasteiger partial charge in [-0.3, -0.25) is 4.79 Å². The summed E-state index contributed by atoms with van der Waals surface area (Å²) in [6, 6.07) is 10.5. The zero-order valence-corrected chi connectivity index (χ0v) is 17.9. The van der Waals surface area contributed by atoms with Crippen molar-refractivity contribution < 1.29 is 14.0 Å². The van der Waals surface area contributed by atoms with E-state index < -0.39 is 8.32 Å². The minimum Gasteiger partial charge on any atom is -0.485 e. The Hall–Kier alpha value is -0.823. The first-order chi connectivity index (χ1) is 12.0. The minimum atomic E-state index is -1.62. The fourth-order valence-corrected chi connectivity index (χ4v) is 5.18. The van der Waals surface area contributed by atoms with E-state index in [1.165, 1.54) is 11.8 Å². The summed E-state index contributed by atoms with van der Waals surface area (Å²) in [5.41, 5.74) is 0. The number of thioether (sulfide) groups is 1. The van der Waals surface area contributed by atoms with Crippen molar-refractivity contribution in [3.05, 3.63) is 30.3 Å². The average molecular weight is 384 g/mol. The normalized spacial score (nSPS) is 11.7. The van der Waals surface area contributed by atoms with E-state index in [2.05, 4.69) is 31.8 Å². The van der Waals surface area contributed by atoms with E-state index in [1.807, 2.05) is 30.3 Å². The third-order valence-electron chi connectivity index (χ3n) is 4.08. The van der Waals surface area contributed by atoms with Crippen molar-refractivity contribution in [1.29, 1.82) is 0 Å². The van der Waals surface area contributed by atoms with Crippen molar-refractivity contribution in [1.82, 2.24) is 4.90 Å². The van der Waals surface area contributed by atoms with Gasteiger partial charge in [0.1, 0.15) is 5.75 Å². The van der Waals surface area contributed by atoms with Gasteiger partial charge in [0.2, 0.25) is 5.12 Å². The number of carbonyl (C=O) groups excluding carboxylic acids is 1. The van der Waals surface area contributed by atoms with Gasteiger partial charge < -0.3 is 14.1 Å². The first kappa shape index (κ1) is 22.2. The van der Waals surface area contributed by atoms with Crippen molar-refractivity contribution in [2.24, 2.45) is 0 Å². The van der Waals surface area contributed by atoms with Crippen LogP contribution in [0.1, 0.15) is 20.3 Å². The molecule has 0 radical (unpaired) electrons. The van der Waals surface area contributed by atoms with Gasteiger partial charge in [-0.2, -0.15) is 0 Å². The maximum Gasteiger partial charge on any atom is 0.226 e. The number of hydrogen-bond acceptors (Lipinski definition) is 5. The first-order valence-corrected chi connectivity index (χ1v) is 13.3. The molecule has 0 aliphatic carbocycles. The molecule has 4 nitrogen and oxygen atoms in total. The molecule has 0 aromatic heterocycles. The van der Waals surface area contributed by atoms with Gasteiger partial charge in [0, 0.05) is 18.9 Å². The summed E-state index contributed by atoms with van der Waals surface area (Å²) in [6.07, 6.45) is 1.02. The van der Waals surface area contributed by atoms with E-state index in [-0.39, 0.29) is 11.7 Å². The minimum absolute atomic E-state index is 0.0887. The average Bonchev–Trinajstić information content (AvgIpc) is 2.61. The van der Waals surface area contributed by atoms with Crippen LogP contribution in [0.5, 0.6) is 5.75 Å². The summed E-state index contributed by atoms with van der Waals surface area (Å²) >= 11 is 1.37. The lowest BCUT2D eigenvalue weighted by Crippen LogP contribution is -2.35. The second kappa shape index (κ2) is 12.5. The Morgan fingerprint density at radius 3 is 2.48 bits per heavy atom. The lowest BCUT2D eigenvalue weighted by atomic mass is 10.3. The topological polar surface area (TPSA) is 38.8 Å². The Labute approximate surface area is 158 Å². The van der Waals surface area contributed by atoms with Gasteiger partial charge in [0.05, 0.1) is 0 Å². The molecule has 1 aromatic rings. The zero-order chi connectivity index (χ0) is 18.5. The predicted molar refractivity (Wildman–Crippen MR) is 110 cm³/mol. The van der Waals surface area contributed by atoms with Gasteiger partial charge in [0.15, 0.2) is 14.9 Å². The van der Waals surface area contributed by atoms with Gasteiger partial charge in [-0.15, -0.1) is 0 Å². The van der Waals surface area contributed by atoms with Crippen LogP contribution >= 0.6 is 11.8 Å². The third kappa shape index (κ3) is 10.7. The van der Waals surface area contributed by atoms with E-state index in [4.69, 9.17) is 9.16 Å². The van der Waals surface area contributed by atoms with Crippen LogP contribution in [0.2, 0.25) is 19.1 Å². The Morgan fingerprint density at radius 2 is 1.84 bits per heavy atom. The molecule has 0 atom stereocenters. The van der Waals surface area contributed by atoms with E-state index in [9.17, 15) is 4.79 Å². The summed E-state index contributed by atoms with van der Waals surface area (Å²) < 4.78 is 11.6. The summed E-state index contributed by atoms with van der Waals surface area (Å²) in [5.74, 6) is 1.58. The Kier molecular flexibility index (Phi) is 11.1. The molecule has 0 saturated heterocycles. The highest BCUT2D eigenvalue weighted by molar-refractivity contribution is 8.13. The number of hydrogen-bond donors (Lipinski definition) is 0. The smallest absolute Gasteiger partial charge is 0.226 e. The fraction of sp³-hybridized carbons (Fsp3) is 0.632. The number of para-hydroxylation sites is 1. The lowest BCUT2D eigenvalue weighted by molar-refractivity contribution is -0.112. The highest BCUT2D eigenvalue weighted by Crippen LogP contribution is 2.17. The molecule has 6 heteroatoms. The number of ether oxygens (including phenoxy) is 1. The van der Waals surface area contributed by atoms with Crippen molar-refractivity contribution in [3.8, 4) is 5.75 Å². The maximum atomic E-state index is 11.9. The van der Waals surface area contributed by atoms with Crippen molar-refractivity contribution >= 4 is 25.2 Å². The van der Waals surface area contributed by atoms with Gasteiger partial charge in [-0.25, -0.2) is 0 Å². The first-order valence-electron chi connectivity index (χ1n) is 9.16. The Balaban J connectivity index is 2.11. The van der Waals surface area contributed by atoms with Crippen LogP contribution in [-0.2, 0) is 9.22 Å². The molecule has 0 saturated carbocycles. The quantitative estimate of drug-likeness (QED) is 0.375. The van der Waals surface area contributed by atoms with E-state index in [0.29, 0.717) is 0 Å². The van der Waals surface area contributed by atoms with Crippen LogP contribution in [0.15, 0.2) is 30.3 Å². The number of benzene rings is 1. The second-order valence-corrected chi connectivity index (χ2v) is 12.0. The van der Waals surface area contributed by atoms with E-state index in [1.54, 1.807) is 0 Å². The van der Waals surface area contributed by atoms with Crippen LogP contribution in [-0.4, -0.2) is 56.9 Å². The molecule has 0 fully saturated rings. The standard InChI is InChI=1S/C19H33NO3SSi/c1-5-20(6-2)13-14-23-25(3,4)16-10-15-24-19(21)17-22-18-11-8-7-9-12-18/h7-9,11-12H,5-6,10,13-17H2,1-4H3. The molecule has 0 unspecified atom stereocenters. The molecule has 1 aromatic carbocycles. The molecule has 0 aliphatic rings. The lowest BCUT2D eigenvalue weighted by Gasteiger charge is -2.25.